The molecule has 1 amide bonds. The molecule has 1 aromatic carbocycles. The Bertz CT molecular complexity index is 1030. The Kier molecular flexibility index (Phi) is 4.77. The van der Waals surface area contributed by atoms with Crippen LogP contribution >= 0.6 is 11.6 Å². The van der Waals surface area contributed by atoms with Crippen LogP contribution < -0.4 is 10.7 Å². The lowest BCUT2D eigenvalue weighted by Gasteiger charge is -2.59. The molecule has 4 saturated carbocycles. The van der Waals surface area contributed by atoms with E-state index in [1.165, 1.54) is 44.6 Å². The van der Waals surface area contributed by atoms with Gasteiger partial charge in [-0.2, -0.15) is 5.10 Å². The Morgan fingerprint density at radius 3 is 2.37 bits per heavy atom. The number of halogens is 1. The van der Waals surface area contributed by atoms with Crippen LogP contribution in [0.5, 0.6) is 0 Å². The molecule has 158 valence electrons. The molecule has 4 aliphatic carbocycles. The van der Waals surface area contributed by atoms with Gasteiger partial charge in [0.15, 0.2) is 5.69 Å². The first-order valence-electron chi connectivity index (χ1n) is 11.0. The molecule has 30 heavy (non-hydrogen) atoms. The zero-order chi connectivity index (χ0) is 21.0. The number of hydrogen-bond donors (Lipinski definition) is 1. The molecule has 4 bridgehead atoms. The molecule has 6 rings (SSSR count). The van der Waals surface area contributed by atoms with Crippen molar-refractivity contribution in [3.05, 3.63) is 57.0 Å². The summed E-state index contributed by atoms with van der Waals surface area (Å²) in [5.41, 5.74) is 1.04. The first-order chi connectivity index (χ1) is 14.3. The lowest BCUT2D eigenvalue weighted by atomic mass is 9.48. The van der Waals surface area contributed by atoms with E-state index in [0.717, 1.165) is 17.8 Å². The smallest absolute Gasteiger partial charge is 0.276 e. The van der Waals surface area contributed by atoms with Crippen molar-refractivity contribution in [3.8, 4) is 5.69 Å². The second-order valence-corrected chi connectivity index (χ2v) is 10.2. The number of rotatable bonds is 4. The van der Waals surface area contributed by atoms with Gasteiger partial charge >= 0.3 is 0 Å². The number of hydrogen-bond acceptors (Lipinski definition) is 3. The lowest BCUT2D eigenvalue weighted by molar-refractivity contribution is -0.0688. The standard InChI is InChI=1S/C24H28ClN3O2/c1-14-7-21(29)22(27-28(14)20-6-4-3-5-19(20)25)23(30)26-15(2)24-11-16-8-17(12-24)10-18(9-16)13-24/h3-7,15-18H,8-13H2,1-2H3,(H,26,30)/t15-,16?,17?,18?,24?/m0/s1. The molecule has 1 heterocycles. The first-order valence-corrected chi connectivity index (χ1v) is 11.4. The Morgan fingerprint density at radius 1 is 1.17 bits per heavy atom. The molecule has 2 aromatic rings. The average molecular weight is 426 g/mol. The molecule has 1 N–H and O–H groups in total. The number of para-hydroxylation sites is 1. The third kappa shape index (κ3) is 3.27. The molecular formula is C24H28ClN3O2. The number of carbonyl (C=O) groups excluding carboxylic acids is 1. The van der Waals surface area contributed by atoms with Crippen LogP contribution in [-0.2, 0) is 0 Å². The summed E-state index contributed by atoms with van der Waals surface area (Å²) in [5, 5.41) is 8.09. The summed E-state index contributed by atoms with van der Waals surface area (Å²) >= 11 is 6.32. The Hall–Kier alpha value is -2.14. The molecule has 0 radical (unpaired) electrons. The van der Waals surface area contributed by atoms with Crippen molar-refractivity contribution in [2.75, 3.05) is 0 Å². The van der Waals surface area contributed by atoms with Gasteiger partial charge in [-0.3, -0.25) is 9.59 Å². The molecule has 0 aliphatic heterocycles. The SMILES string of the molecule is Cc1cc(=O)c(C(=O)N[C@@H](C)C23CC4CC(CC(C4)C2)C3)nn1-c1ccccc1Cl. The van der Waals surface area contributed by atoms with Gasteiger partial charge in [-0.1, -0.05) is 23.7 Å². The number of benzene rings is 1. The summed E-state index contributed by atoms with van der Waals surface area (Å²) in [4.78, 5) is 25.7. The summed E-state index contributed by atoms with van der Waals surface area (Å²) in [6, 6.07) is 8.78. The minimum absolute atomic E-state index is 0.0367. The third-order valence-corrected chi connectivity index (χ3v) is 8.07. The van der Waals surface area contributed by atoms with Gasteiger partial charge in [0.05, 0.1) is 10.7 Å². The van der Waals surface area contributed by atoms with Crippen LogP contribution in [-0.4, -0.2) is 21.7 Å². The van der Waals surface area contributed by atoms with Crippen LogP contribution in [0, 0.1) is 30.1 Å². The van der Waals surface area contributed by atoms with E-state index >= 15 is 0 Å². The van der Waals surface area contributed by atoms with Crippen molar-refractivity contribution in [2.24, 2.45) is 23.2 Å². The molecule has 1 aromatic heterocycles. The maximum Gasteiger partial charge on any atom is 0.276 e. The maximum absolute atomic E-state index is 13.1. The van der Waals surface area contributed by atoms with Gasteiger partial charge in [-0.05, 0) is 87.7 Å². The van der Waals surface area contributed by atoms with Gasteiger partial charge in [0.25, 0.3) is 5.91 Å². The summed E-state index contributed by atoms with van der Waals surface area (Å²) in [5.74, 6) is 2.05. The number of nitrogens with zero attached hydrogens (tertiary/aromatic N) is 2. The molecule has 4 aliphatic rings. The van der Waals surface area contributed by atoms with Crippen LogP contribution in [0.4, 0.5) is 0 Å². The average Bonchev–Trinajstić information content (AvgIpc) is 2.67. The van der Waals surface area contributed by atoms with Gasteiger partial charge in [-0.25, -0.2) is 4.68 Å². The van der Waals surface area contributed by atoms with E-state index in [2.05, 4.69) is 17.3 Å². The molecule has 0 spiro atoms. The van der Waals surface area contributed by atoms with E-state index in [1.807, 2.05) is 18.2 Å². The fraction of sp³-hybridized carbons (Fsp3) is 0.542. The highest BCUT2D eigenvalue weighted by atomic mass is 35.5. The normalized spacial score (nSPS) is 30.3. The van der Waals surface area contributed by atoms with Gasteiger partial charge < -0.3 is 5.32 Å². The quantitative estimate of drug-likeness (QED) is 0.782. The number of carbonyl (C=O) groups is 1. The van der Waals surface area contributed by atoms with E-state index in [1.54, 1.807) is 17.7 Å². The van der Waals surface area contributed by atoms with E-state index in [0.29, 0.717) is 16.4 Å². The number of aryl methyl sites for hydroxylation is 1. The molecular weight excluding hydrogens is 398 g/mol. The largest absolute Gasteiger partial charge is 0.348 e. The Labute approximate surface area is 181 Å². The minimum Gasteiger partial charge on any atom is -0.348 e. The number of nitrogens with one attached hydrogen (secondary N) is 1. The maximum atomic E-state index is 13.1. The molecule has 5 nitrogen and oxygen atoms in total. The second kappa shape index (κ2) is 7.23. The predicted molar refractivity (Wildman–Crippen MR) is 117 cm³/mol. The fourth-order valence-electron chi connectivity index (χ4n) is 6.70. The third-order valence-electron chi connectivity index (χ3n) is 7.75. The van der Waals surface area contributed by atoms with Crippen molar-refractivity contribution in [1.29, 1.82) is 0 Å². The highest BCUT2D eigenvalue weighted by Crippen LogP contribution is 2.61. The fourth-order valence-corrected chi connectivity index (χ4v) is 6.91. The molecule has 0 unspecified atom stereocenters. The Morgan fingerprint density at radius 2 is 1.77 bits per heavy atom. The van der Waals surface area contributed by atoms with Crippen molar-refractivity contribution in [1.82, 2.24) is 15.1 Å². The minimum atomic E-state index is -0.385. The Balaban J connectivity index is 1.42. The highest BCUT2D eigenvalue weighted by molar-refractivity contribution is 6.32. The van der Waals surface area contributed by atoms with Crippen LogP contribution in [0.3, 0.4) is 0 Å². The molecule has 4 fully saturated rings. The highest BCUT2D eigenvalue weighted by Gasteiger charge is 2.53. The zero-order valence-corrected chi connectivity index (χ0v) is 18.3. The van der Waals surface area contributed by atoms with Crippen molar-refractivity contribution in [2.45, 2.75) is 58.4 Å². The van der Waals surface area contributed by atoms with Gasteiger partial charge in [0, 0.05) is 17.8 Å². The summed E-state index contributed by atoms with van der Waals surface area (Å²) in [6.45, 7) is 3.91. The van der Waals surface area contributed by atoms with Crippen molar-refractivity contribution in [3.63, 3.8) is 0 Å². The lowest BCUT2D eigenvalue weighted by Crippen LogP contribution is -2.56. The van der Waals surface area contributed by atoms with E-state index < -0.39 is 0 Å². The monoisotopic (exact) mass is 425 g/mol. The molecule has 1 atom stereocenters. The van der Waals surface area contributed by atoms with Gasteiger partial charge in [0.2, 0.25) is 5.43 Å². The topological polar surface area (TPSA) is 64.0 Å². The van der Waals surface area contributed by atoms with Crippen LogP contribution in [0.1, 0.15) is 61.6 Å². The van der Waals surface area contributed by atoms with Gasteiger partial charge in [0.1, 0.15) is 0 Å². The summed E-state index contributed by atoms with van der Waals surface area (Å²) < 4.78 is 1.58. The van der Waals surface area contributed by atoms with Gasteiger partial charge in [-0.15, -0.1) is 0 Å². The van der Waals surface area contributed by atoms with Crippen molar-refractivity contribution < 1.29 is 4.79 Å². The van der Waals surface area contributed by atoms with E-state index in [9.17, 15) is 9.59 Å². The van der Waals surface area contributed by atoms with Crippen LogP contribution in [0.15, 0.2) is 35.1 Å². The summed E-state index contributed by atoms with van der Waals surface area (Å²) in [6.07, 6.45) is 7.69. The zero-order valence-electron chi connectivity index (χ0n) is 17.5. The predicted octanol–water partition coefficient (Wildman–Crippen LogP) is 4.53. The summed E-state index contributed by atoms with van der Waals surface area (Å²) in [7, 11) is 0. The van der Waals surface area contributed by atoms with Crippen LogP contribution in [0.2, 0.25) is 5.02 Å². The number of aromatic nitrogens is 2. The second-order valence-electron chi connectivity index (χ2n) is 9.84. The number of amides is 1. The van der Waals surface area contributed by atoms with Crippen molar-refractivity contribution >= 4 is 17.5 Å². The first kappa shape index (κ1) is 19.8. The van der Waals surface area contributed by atoms with E-state index in [-0.39, 0.29) is 28.5 Å². The van der Waals surface area contributed by atoms with E-state index in [4.69, 9.17) is 11.6 Å². The molecule has 6 heteroatoms. The van der Waals surface area contributed by atoms with Crippen LogP contribution in [0.25, 0.3) is 5.69 Å². The molecule has 0 saturated heterocycles.